The summed E-state index contributed by atoms with van der Waals surface area (Å²) in [7, 11) is 0. The summed E-state index contributed by atoms with van der Waals surface area (Å²) >= 11 is 0. The number of carboxylic acid groups (broad SMARTS) is 1. The number of hydrogen-bond donors (Lipinski definition) is 2. The van der Waals surface area contributed by atoms with Crippen LogP contribution >= 0.6 is 0 Å². The Morgan fingerprint density at radius 2 is 1.68 bits per heavy atom. The normalized spacial score (nSPS) is 15.6. The van der Waals surface area contributed by atoms with E-state index in [1.807, 2.05) is 48.5 Å². The van der Waals surface area contributed by atoms with Crippen molar-refractivity contribution in [1.29, 1.82) is 0 Å². The fourth-order valence-corrected chi connectivity index (χ4v) is 4.08. The number of piperidine rings is 1. The summed E-state index contributed by atoms with van der Waals surface area (Å²) in [6.45, 7) is 0.968. The number of nitrogens with zero attached hydrogens (tertiary/aromatic N) is 1. The molecule has 31 heavy (non-hydrogen) atoms. The average Bonchev–Trinajstić information content (AvgIpc) is 2.79. The van der Waals surface area contributed by atoms with Gasteiger partial charge in [0.2, 0.25) is 0 Å². The Kier molecular flexibility index (Phi) is 5.91. The first kappa shape index (κ1) is 20.9. The van der Waals surface area contributed by atoms with Crippen LogP contribution in [0.25, 0.3) is 10.8 Å². The van der Waals surface area contributed by atoms with Crippen LogP contribution in [0.15, 0.2) is 66.7 Å². The van der Waals surface area contributed by atoms with Crippen LogP contribution in [0.4, 0.5) is 0 Å². The molecule has 1 saturated heterocycles. The van der Waals surface area contributed by atoms with Gasteiger partial charge in [0.15, 0.2) is 0 Å². The first-order valence-electron chi connectivity index (χ1n) is 10.4. The maximum absolute atomic E-state index is 13.2. The molecule has 1 fully saturated rings. The third-order valence-electron chi connectivity index (χ3n) is 5.85. The quantitative estimate of drug-likeness (QED) is 0.634. The zero-order valence-electron chi connectivity index (χ0n) is 17.2. The van der Waals surface area contributed by atoms with E-state index in [2.05, 4.69) is 0 Å². The van der Waals surface area contributed by atoms with Crippen LogP contribution in [-0.4, -0.2) is 46.7 Å². The SMILES string of the molecule is O=C(O)CCOc1cccc(C2(O)CCN(C(=O)c3cccc4ccccc34)CC2)c1. The minimum atomic E-state index is -1.05. The van der Waals surface area contributed by atoms with E-state index in [0.717, 1.165) is 16.3 Å². The van der Waals surface area contributed by atoms with Gasteiger partial charge in [0.05, 0.1) is 18.6 Å². The van der Waals surface area contributed by atoms with Crippen LogP contribution in [0.5, 0.6) is 5.75 Å². The highest BCUT2D eigenvalue weighted by atomic mass is 16.5. The third-order valence-corrected chi connectivity index (χ3v) is 5.85. The van der Waals surface area contributed by atoms with Crippen molar-refractivity contribution in [1.82, 2.24) is 4.90 Å². The minimum absolute atomic E-state index is 0.0235. The van der Waals surface area contributed by atoms with Gasteiger partial charge in [-0.05, 0) is 47.4 Å². The number of aliphatic carboxylic acids is 1. The zero-order chi connectivity index (χ0) is 21.8. The number of likely N-dealkylation sites (tertiary alicyclic amines) is 1. The molecule has 1 aliphatic rings. The molecule has 0 unspecified atom stereocenters. The number of carbonyl (C=O) groups excluding carboxylic acids is 1. The molecule has 0 aromatic heterocycles. The van der Waals surface area contributed by atoms with Gasteiger partial charge in [0.1, 0.15) is 5.75 Å². The van der Waals surface area contributed by atoms with Crippen LogP contribution < -0.4 is 4.74 Å². The molecule has 0 aliphatic carbocycles. The van der Waals surface area contributed by atoms with E-state index in [0.29, 0.717) is 37.2 Å². The minimum Gasteiger partial charge on any atom is -0.493 e. The van der Waals surface area contributed by atoms with Crippen LogP contribution in [0.2, 0.25) is 0 Å². The van der Waals surface area contributed by atoms with Gasteiger partial charge in [-0.3, -0.25) is 9.59 Å². The molecule has 0 radical (unpaired) electrons. The van der Waals surface area contributed by atoms with E-state index in [1.54, 1.807) is 23.1 Å². The number of aliphatic hydroxyl groups is 1. The van der Waals surface area contributed by atoms with E-state index in [4.69, 9.17) is 9.84 Å². The molecule has 1 amide bonds. The van der Waals surface area contributed by atoms with Gasteiger partial charge in [-0.2, -0.15) is 0 Å². The van der Waals surface area contributed by atoms with Crippen LogP contribution in [-0.2, 0) is 10.4 Å². The Balaban J connectivity index is 1.45. The standard InChI is InChI=1S/C25H25NO5/c27-23(28)11-16-31-20-8-4-7-19(17-20)25(30)12-14-26(15-13-25)24(29)22-10-3-6-18-5-1-2-9-21(18)22/h1-10,17,30H,11-16H2,(H,27,28). The van der Waals surface area contributed by atoms with E-state index in [1.165, 1.54) is 0 Å². The summed E-state index contributed by atoms with van der Waals surface area (Å²) in [5, 5.41) is 21.9. The molecule has 1 aliphatic heterocycles. The maximum atomic E-state index is 13.2. The van der Waals surface area contributed by atoms with Gasteiger partial charge in [-0.25, -0.2) is 0 Å². The van der Waals surface area contributed by atoms with Gasteiger partial charge < -0.3 is 19.8 Å². The number of hydrogen-bond acceptors (Lipinski definition) is 4. The average molecular weight is 419 g/mol. The molecule has 0 saturated carbocycles. The van der Waals surface area contributed by atoms with Crippen LogP contribution in [0.1, 0.15) is 35.2 Å². The van der Waals surface area contributed by atoms with E-state index in [9.17, 15) is 14.7 Å². The molecule has 3 aromatic carbocycles. The molecule has 6 nitrogen and oxygen atoms in total. The smallest absolute Gasteiger partial charge is 0.306 e. The zero-order valence-corrected chi connectivity index (χ0v) is 17.2. The summed E-state index contributed by atoms with van der Waals surface area (Å²) in [5.41, 5.74) is 0.344. The highest BCUT2D eigenvalue weighted by molar-refractivity contribution is 6.07. The lowest BCUT2D eigenvalue weighted by molar-refractivity contribution is -0.137. The predicted molar refractivity (Wildman–Crippen MR) is 117 cm³/mol. The Bertz CT molecular complexity index is 1100. The number of ether oxygens (including phenoxy) is 1. The lowest BCUT2D eigenvalue weighted by atomic mass is 9.84. The molecule has 0 spiro atoms. The molecule has 3 aromatic rings. The summed E-state index contributed by atoms with van der Waals surface area (Å²) < 4.78 is 5.49. The van der Waals surface area contributed by atoms with E-state index >= 15 is 0 Å². The first-order chi connectivity index (χ1) is 15.0. The molecular formula is C25H25NO5. The largest absolute Gasteiger partial charge is 0.493 e. The number of rotatable bonds is 6. The van der Waals surface area contributed by atoms with Gasteiger partial charge in [-0.15, -0.1) is 0 Å². The summed E-state index contributed by atoms with van der Waals surface area (Å²) in [6.07, 6.45) is 0.754. The van der Waals surface area contributed by atoms with Gasteiger partial charge in [0, 0.05) is 18.7 Å². The molecule has 6 heteroatoms. The summed E-state index contributed by atoms with van der Waals surface area (Å²) in [6, 6.07) is 20.7. The second kappa shape index (κ2) is 8.78. The highest BCUT2D eigenvalue weighted by Crippen LogP contribution is 2.35. The number of fused-ring (bicyclic) bond motifs is 1. The predicted octanol–water partition coefficient (Wildman–Crippen LogP) is 3.82. The van der Waals surface area contributed by atoms with Crippen molar-refractivity contribution < 1.29 is 24.5 Å². The second-order valence-electron chi connectivity index (χ2n) is 7.87. The first-order valence-corrected chi connectivity index (χ1v) is 10.4. The fourth-order valence-electron chi connectivity index (χ4n) is 4.08. The summed E-state index contributed by atoms with van der Waals surface area (Å²) in [5.74, 6) is -0.413. The topological polar surface area (TPSA) is 87.1 Å². The van der Waals surface area contributed by atoms with E-state index in [-0.39, 0.29) is 18.9 Å². The maximum Gasteiger partial charge on any atom is 0.306 e. The Hall–Kier alpha value is -3.38. The second-order valence-corrected chi connectivity index (χ2v) is 7.87. The number of carboxylic acids is 1. The Labute approximate surface area is 180 Å². The van der Waals surface area contributed by atoms with Crippen LogP contribution in [0.3, 0.4) is 0 Å². The monoisotopic (exact) mass is 419 g/mol. The van der Waals surface area contributed by atoms with E-state index < -0.39 is 11.6 Å². The lowest BCUT2D eigenvalue weighted by Gasteiger charge is -2.38. The van der Waals surface area contributed by atoms with Crippen molar-refractivity contribution in [2.45, 2.75) is 24.9 Å². The third kappa shape index (κ3) is 4.54. The van der Waals surface area contributed by atoms with Crippen LogP contribution in [0, 0.1) is 0 Å². The lowest BCUT2D eigenvalue weighted by Crippen LogP contribution is -2.45. The summed E-state index contributed by atoms with van der Waals surface area (Å²) in [4.78, 5) is 25.6. The Morgan fingerprint density at radius 3 is 2.45 bits per heavy atom. The fraction of sp³-hybridized carbons (Fsp3) is 0.280. The van der Waals surface area contributed by atoms with Crippen molar-refractivity contribution >= 4 is 22.6 Å². The highest BCUT2D eigenvalue weighted by Gasteiger charge is 2.36. The molecule has 2 N–H and O–H groups in total. The Morgan fingerprint density at radius 1 is 0.968 bits per heavy atom. The van der Waals surface area contributed by atoms with Gasteiger partial charge in [-0.1, -0.05) is 48.5 Å². The number of carbonyl (C=O) groups is 2. The molecule has 1 heterocycles. The molecule has 0 bridgehead atoms. The van der Waals surface area contributed by atoms with Gasteiger partial charge >= 0.3 is 5.97 Å². The van der Waals surface area contributed by atoms with Gasteiger partial charge in [0.25, 0.3) is 5.91 Å². The molecule has 0 atom stereocenters. The van der Waals surface area contributed by atoms with Crippen molar-refractivity contribution in [3.8, 4) is 5.75 Å². The number of amides is 1. The molecular weight excluding hydrogens is 394 g/mol. The van der Waals surface area contributed by atoms with Crippen molar-refractivity contribution in [2.24, 2.45) is 0 Å². The number of benzene rings is 3. The van der Waals surface area contributed by atoms with Crippen molar-refractivity contribution in [3.63, 3.8) is 0 Å². The van der Waals surface area contributed by atoms with Crippen molar-refractivity contribution in [2.75, 3.05) is 19.7 Å². The molecule has 160 valence electrons. The molecule has 4 rings (SSSR count). The van der Waals surface area contributed by atoms with Crippen molar-refractivity contribution in [3.05, 3.63) is 77.9 Å².